The van der Waals surface area contributed by atoms with Gasteiger partial charge in [0.1, 0.15) is 5.75 Å². The van der Waals surface area contributed by atoms with E-state index in [2.05, 4.69) is 22.7 Å². The van der Waals surface area contributed by atoms with Crippen molar-refractivity contribution in [3.05, 3.63) is 108 Å². The highest BCUT2D eigenvalue weighted by atomic mass is 35.5. The third-order valence-corrected chi connectivity index (χ3v) is 4.67. The van der Waals surface area contributed by atoms with E-state index in [0.717, 1.165) is 17.3 Å². The van der Waals surface area contributed by atoms with Crippen LogP contribution >= 0.6 is 0 Å². The predicted octanol–water partition coefficient (Wildman–Crippen LogP) is 0.649. The Morgan fingerprint density at radius 3 is 2.40 bits per heavy atom. The van der Waals surface area contributed by atoms with Crippen molar-refractivity contribution in [2.75, 3.05) is 0 Å². The normalized spacial score (nSPS) is 10.7. The molecular formula is C24H20ClN3O2. The maximum Gasteiger partial charge on any atom is 0.271 e. The largest absolute Gasteiger partial charge is 1.00 e. The number of nitrogens with one attached hydrogen (secondary N) is 1. The second kappa shape index (κ2) is 9.67. The summed E-state index contributed by atoms with van der Waals surface area (Å²) in [5, 5.41) is 16.0. The monoisotopic (exact) mass is 417 g/mol. The van der Waals surface area contributed by atoms with Gasteiger partial charge in [-0.15, -0.1) is 0 Å². The number of carbonyl (C=O) groups is 1. The van der Waals surface area contributed by atoms with Crippen LogP contribution in [0.25, 0.3) is 10.8 Å². The molecule has 30 heavy (non-hydrogen) atoms. The van der Waals surface area contributed by atoms with E-state index in [-0.39, 0.29) is 24.1 Å². The van der Waals surface area contributed by atoms with E-state index < -0.39 is 0 Å². The van der Waals surface area contributed by atoms with E-state index in [1.807, 2.05) is 65.5 Å². The van der Waals surface area contributed by atoms with Crippen molar-refractivity contribution in [3.63, 3.8) is 0 Å². The van der Waals surface area contributed by atoms with E-state index in [9.17, 15) is 9.90 Å². The van der Waals surface area contributed by atoms with Crippen LogP contribution in [0.15, 0.2) is 96.4 Å². The number of rotatable bonds is 5. The number of phenolic OH excluding ortho intramolecular Hbond substituents is 1. The molecule has 1 amide bonds. The van der Waals surface area contributed by atoms with E-state index >= 15 is 0 Å². The molecule has 0 saturated heterocycles. The third-order valence-electron chi connectivity index (χ3n) is 4.67. The molecule has 1 heterocycles. The van der Waals surface area contributed by atoms with Gasteiger partial charge in [0.25, 0.3) is 5.91 Å². The zero-order valence-corrected chi connectivity index (χ0v) is 16.8. The Kier molecular flexibility index (Phi) is 6.78. The van der Waals surface area contributed by atoms with Crippen molar-refractivity contribution in [2.24, 2.45) is 5.10 Å². The Balaban J connectivity index is 0.00000256. The van der Waals surface area contributed by atoms with E-state index in [4.69, 9.17) is 0 Å². The van der Waals surface area contributed by atoms with Crippen molar-refractivity contribution in [2.45, 2.75) is 6.54 Å². The van der Waals surface area contributed by atoms with Crippen molar-refractivity contribution >= 4 is 22.9 Å². The van der Waals surface area contributed by atoms with E-state index in [0.29, 0.717) is 11.1 Å². The lowest BCUT2D eigenvalue weighted by molar-refractivity contribution is -0.688. The molecule has 2 N–H and O–H groups in total. The van der Waals surface area contributed by atoms with Crippen molar-refractivity contribution in [1.29, 1.82) is 0 Å². The number of nitrogens with zero attached hydrogens (tertiary/aromatic N) is 2. The Morgan fingerprint density at radius 2 is 1.63 bits per heavy atom. The van der Waals surface area contributed by atoms with Gasteiger partial charge >= 0.3 is 0 Å². The fraction of sp³-hybridized carbons (Fsp3) is 0.0417. The molecule has 0 spiro atoms. The highest BCUT2D eigenvalue weighted by Crippen LogP contribution is 2.25. The lowest BCUT2D eigenvalue weighted by Crippen LogP contribution is -3.00. The lowest BCUT2D eigenvalue weighted by atomic mass is 10.0. The van der Waals surface area contributed by atoms with Crippen LogP contribution < -0.4 is 22.4 Å². The summed E-state index contributed by atoms with van der Waals surface area (Å²) >= 11 is 0. The fourth-order valence-corrected chi connectivity index (χ4v) is 3.15. The van der Waals surface area contributed by atoms with Gasteiger partial charge in [-0.1, -0.05) is 60.7 Å². The first-order valence-corrected chi connectivity index (χ1v) is 9.28. The number of hydrogen-bond donors (Lipinski definition) is 2. The molecule has 4 rings (SSSR count). The van der Waals surface area contributed by atoms with Crippen LogP contribution in [0, 0.1) is 0 Å². The molecule has 3 aromatic carbocycles. The van der Waals surface area contributed by atoms with Gasteiger partial charge in [-0.2, -0.15) is 5.10 Å². The molecule has 0 aliphatic carbocycles. The first-order chi connectivity index (χ1) is 14.2. The molecule has 0 saturated carbocycles. The minimum atomic E-state index is -0.312. The summed E-state index contributed by atoms with van der Waals surface area (Å²) in [5.41, 5.74) is 4.78. The second-order valence-electron chi connectivity index (χ2n) is 6.66. The van der Waals surface area contributed by atoms with Crippen LogP contribution in [0.3, 0.4) is 0 Å². The van der Waals surface area contributed by atoms with Crippen LogP contribution in [-0.2, 0) is 6.54 Å². The number of aromatic nitrogens is 1. The summed E-state index contributed by atoms with van der Waals surface area (Å²) in [5.74, 6) is -0.198. The molecule has 5 nitrogen and oxygen atoms in total. The van der Waals surface area contributed by atoms with Crippen LogP contribution in [0.2, 0.25) is 0 Å². The highest BCUT2D eigenvalue weighted by molar-refractivity contribution is 6.03. The Labute approximate surface area is 180 Å². The summed E-state index contributed by atoms with van der Waals surface area (Å²) in [6.45, 7) is 0.737. The number of amides is 1. The molecule has 1 aromatic heterocycles. The smallest absolute Gasteiger partial charge is 0.271 e. The van der Waals surface area contributed by atoms with Gasteiger partial charge < -0.3 is 17.5 Å². The standard InChI is InChI=1S/C24H19N3O2.ClH/c28-23-11-10-19-8-4-5-9-21(19)22(23)16-25-26-24(29)20-12-14-27(15-13-20)17-18-6-2-1-3-7-18;/h1-16,29H,17H2;1H. The minimum absolute atomic E-state index is 0. The second-order valence-corrected chi connectivity index (χ2v) is 6.66. The highest BCUT2D eigenvalue weighted by Gasteiger charge is 2.09. The molecule has 0 radical (unpaired) electrons. The zero-order chi connectivity index (χ0) is 20.1. The Morgan fingerprint density at radius 1 is 0.933 bits per heavy atom. The summed E-state index contributed by atoms with van der Waals surface area (Å²) in [4.78, 5) is 12.4. The predicted molar refractivity (Wildman–Crippen MR) is 113 cm³/mol. The van der Waals surface area contributed by atoms with Gasteiger partial charge in [0, 0.05) is 23.3 Å². The summed E-state index contributed by atoms with van der Waals surface area (Å²) < 4.78 is 2.00. The van der Waals surface area contributed by atoms with Crippen molar-refractivity contribution in [3.8, 4) is 5.75 Å². The number of pyridine rings is 1. The van der Waals surface area contributed by atoms with Gasteiger partial charge in [-0.05, 0) is 16.8 Å². The molecule has 150 valence electrons. The van der Waals surface area contributed by atoms with Crippen molar-refractivity contribution in [1.82, 2.24) is 5.43 Å². The third kappa shape index (κ3) is 4.82. The Bertz CT molecular complexity index is 1180. The molecule has 0 unspecified atom stereocenters. The average Bonchev–Trinajstić information content (AvgIpc) is 2.76. The molecule has 6 heteroatoms. The van der Waals surface area contributed by atoms with Gasteiger partial charge in [-0.25, -0.2) is 9.99 Å². The summed E-state index contributed by atoms with van der Waals surface area (Å²) in [6.07, 6.45) is 5.19. The first-order valence-electron chi connectivity index (χ1n) is 9.28. The van der Waals surface area contributed by atoms with Crippen LogP contribution in [-0.4, -0.2) is 17.2 Å². The zero-order valence-electron chi connectivity index (χ0n) is 16.1. The van der Waals surface area contributed by atoms with Gasteiger partial charge in [-0.3, -0.25) is 4.79 Å². The number of phenols is 1. The fourth-order valence-electron chi connectivity index (χ4n) is 3.15. The molecular weight excluding hydrogens is 398 g/mol. The van der Waals surface area contributed by atoms with Crippen LogP contribution in [0.4, 0.5) is 0 Å². The maximum atomic E-state index is 12.4. The number of fused-ring (bicyclic) bond motifs is 1. The molecule has 0 bridgehead atoms. The Hall–Kier alpha value is -3.70. The van der Waals surface area contributed by atoms with Gasteiger partial charge in [0.05, 0.1) is 11.8 Å². The molecule has 0 atom stereocenters. The summed E-state index contributed by atoms with van der Waals surface area (Å²) in [6, 6.07) is 24.8. The SMILES string of the molecule is O=C(N/N=C/c1c(O)ccc2ccccc12)c1cc[n+](Cc2ccccc2)cc1.[Cl-]. The average molecular weight is 418 g/mol. The van der Waals surface area contributed by atoms with Crippen LogP contribution in [0.5, 0.6) is 5.75 Å². The number of carbonyl (C=O) groups excluding carboxylic acids is 1. The number of aromatic hydroxyl groups is 1. The summed E-state index contributed by atoms with van der Waals surface area (Å²) in [7, 11) is 0. The maximum absolute atomic E-state index is 12.4. The molecule has 0 aliphatic heterocycles. The minimum Gasteiger partial charge on any atom is -1.00 e. The lowest BCUT2D eigenvalue weighted by Gasteiger charge is -2.05. The molecule has 0 fully saturated rings. The topological polar surface area (TPSA) is 65.6 Å². The number of halogens is 1. The van der Waals surface area contributed by atoms with Crippen molar-refractivity contribution < 1.29 is 26.9 Å². The number of benzene rings is 3. The van der Waals surface area contributed by atoms with E-state index in [1.54, 1.807) is 18.2 Å². The quantitative estimate of drug-likeness (QED) is 0.284. The molecule has 4 aromatic rings. The molecule has 0 aliphatic rings. The van der Waals surface area contributed by atoms with Crippen LogP contribution in [0.1, 0.15) is 21.5 Å². The van der Waals surface area contributed by atoms with Gasteiger partial charge in [0.2, 0.25) is 0 Å². The first kappa shape index (κ1) is 21.0. The van der Waals surface area contributed by atoms with Gasteiger partial charge in [0.15, 0.2) is 18.9 Å². The van der Waals surface area contributed by atoms with E-state index in [1.165, 1.54) is 11.8 Å². The number of hydrogen-bond acceptors (Lipinski definition) is 3. The number of hydrazone groups is 1.